The molecule has 2 saturated heterocycles. The first-order valence-corrected chi connectivity index (χ1v) is 9.03. The summed E-state index contributed by atoms with van der Waals surface area (Å²) >= 11 is 0. The molecule has 128 valence electrons. The lowest BCUT2D eigenvalue weighted by molar-refractivity contribution is -0.142. The summed E-state index contributed by atoms with van der Waals surface area (Å²) in [4.78, 5) is 17.2. The SMILES string of the molecule is CC(C)(C)CN1CCC2(CC1)CCN(C(=O)C(C)(C)C)CC2. The van der Waals surface area contributed by atoms with Gasteiger partial charge >= 0.3 is 0 Å². The standard InChI is InChI=1S/C19H36N2O/c1-17(2,3)15-20-11-7-19(8-12-20)9-13-21(14-10-19)16(22)18(4,5)6/h7-15H2,1-6H3. The summed E-state index contributed by atoms with van der Waals surface area (Å²) < 4.78 is 0. The lowest BCUT2D eigenvalue weighted by Gasteiger charge is -2.48. The van der Waals surface area contributed by atoms with Gasteiger partial charge in [-0.05, 0) is 49.6 Å². The van der Waals surface area contributed by atoms with Crippen LogP contribution < -0.4 is 0 Å². The number of hydrogen-bond acceptors (Lipinski definition) is 2. The molecule has 3 nitrogen and oxygen atoms in total. The van der Waals surface area contributed by atoms with E-state index in [2.05, 4.69) is 30.6 Å². The monoisotopic (exact) mass is 308 g/mol. The maximum atomic E-state index is 12.4. The molecule has 0 atom stereocenters. The predicted molar refractivity (Wildman–Crippen MR) is 92.8 cm³/mol. The lowest BCUT2D eigenvalue weighted by Crippen LogP contribution is -2.51. The third-order valence-electron chi connectivity index (χ3n) is 5.37. The Morgan fingerprint density at radius 1 is 0.864 bits per heavy atom. The van der Waals surface area contributed by atoms with E-state index in [4.69, 9.17) is 0 Å². The number of amides is 1. The molecule has 0 aromatic rings. The minimum absolute atomic E-state index is 0.236. The topological polar surface area (TPSA) is 23.6 Å². The van der Waals surface area contributed by atoms with Gasteiger partial charge in [0.05, 0.1) is 0 Å². The summed E-state index contributed by atoms with van der Waals surface area (Å²) in [6.07, 6.45) is 5.05. The van der Waals surface area contributed by atoms with Crippen LogP contribution in [-0.2, 0) is 4.79 Å². The van der Waals surface area contributed by atoms with Crippen molar-refractivity contribution in [3.05, 3.63) is 0 Å². The Labute approximate surface area is 137 Å². The maximum absolute atomic E-state index is 12.4. The van der Waals surface area contributed by atoms with Crippen molar-refractivity contribution in [2.75, 3.05) is 32.7 Å². The van der Waals surface area contributed by atoms with Gasteiger partial charge in [-0.1, -0.05) is 41.5 Å². The lowest BCUT2D eigenvalue weighted by atomic mass is 9.70. The molecule has 2 heterocycles. The molecular weight excluding hydrogens is 272 g/mol. The molecule has 0 unspecified atom stereocenters. The Morgan fingerprint density at radius 3 is 1.73 bits per heavy atom. The Hall–Kier alpha value is -0.570. The Bertz CT molecular complexity index is 385. The summed E-state index contributed by atoms with van der Waals surface area (Å²) in [7, 11) is 0. The fourth-order valence-corrected chi connectivity index (χ4v) is 4.01. The van der Waals surface area contributed by atoms with Crippen molar-refractivity contribution in [3.63, 3.8) is 0 Å². The van der Waals surface area contributed by atoms with Crippen LogP contribution in [0.2, 0.25) is 0 Å². The maximum Gasteiger partial charge on any atom is 0.227 e. The molecule has 0 N–H and O–H groups in total. The van der Waals surface area contributed by atoms with Crippen LogP contribution in [0.15, 0.2) is 0 Å². The van der Waals surface area contributed by atoms with Crippen LogP contribution in [0.3, 0.4) is 0 Å². The van der Waals surface area contributed by atoms with Gasteiger partial charge in [0.25, 0.3) is 0 Å². The number of piperidine rings is 2. The van der Waals surface area contributed by atoms with Crippen LogP contribution >= 0.6 is 0 Å². The highest BCUT2D eigenvalue weighted by molar-refractivity contribution is 5.81. The van der Waals surface area contributed by atoms with Gasteiger partial charge in [-0.15, -0.1) is 0 Å². The van der Waals surface area contributed by atoms with E-state index in [9.17, 15) is 4.79 Å². The van der Waals surface area contributed by atoms with Crippen molar-refractivity contribution in [2.45, 2.75) is 67.2 Å². The highest BCUT2D eigenvalue weighted by Crippen LogP contribution is 2.42. The van der Waals surface area contributed by atoms with Crippen molar-refractivity contribution in [1.82, 2.24) is 9.80 Å². The minimum atomic E-state index is -0.236. The quantitative estimate of drug-likeness (QED) is 0.736. The van der Waals surface area contributed by atoms with Gasteiger partial charge in [0.1, 0.15) is 0 Å². The number of rotatable bonds is 1. The van der Waals surface area contributed by atoms with E-state index in [0.29, 0.717) is 16.7 Å². The molecule has 2 aliphatic rings. The first-order valence-electron chi connectivity index (χ1n) is 9.03. The smallest absolute Gasteiger partial charge is 0.227 e. The van der Waals surface area contributed by atoms with Crippen molar-refractivity contribution >= 4 is 5.91 Å². The highest BCUT2D eigenvalue weighted by atomic mass is 16.2. The van der Waals surface area contributed by atoms with Gasteiger partial charge in [-0.2, -0.15) is 0 Å². The second kappa shape index (κ2) is 6.14. The van der Waals surface area contributed by atoms with Crippen LogP contribution in [0.5, 0.6) is 0 Å². The molecule has 0 aliphatic carbocycles. The Kier molecular flexibility index (Phi) is 4.97. The Balaban J connectivity index is 1.84. The molecule has 0 aromatic carbocycles. The summed E-state index contributed by atoms with van der Waals surface area (Å²) in [6, 6.07) is 0. The third kappa shape index (κ3) is 4.47. The fourth-order valence-electron chi connectivity index (χ4n) is 4.01. The second-order valence-corrected chi connectivity index (χ2v) is 9.88. The summed E-state index contributed by atoms with van der Waals surface area (Å²) in [6.45, 7) is 18.7. The number of hydrogen-bond donors (Lipinski definition) is 0. The first kappa shape index (κ1) is 17.8. The van der Waals surface area contributed by atoms with Crippen LogP contribution in [0.1, 0.15) is 67.2 Å². The van der Waals surface area contributed by atoms with Gasteiger partial charge in [-0.3, -0.25) is 4.79 Å². The van der Waals surface area contributed by atoms with Gasteiger partial charge in [-0.25, -0.2) is 0 Å². The van der Waals surface area contributed by atoms with Crippen LogP contribution in [-0.4, -0.2) is 48.4 Å². The average Bonchev–Trinajstić information content (AvgIpc) is 2.39. The zero-order valence-electron chi connectivity index (χ0n) is 15.7. The second-order valence-electron chi connectivity index (χ2n) is 9.88. The van der Waals surface area contributed by atoms with Crippen molar-refractivity contribution < 1.29 is 4.79 Å². The van der Waals surface area contributed by atoms with E-state index in [1.165, 1.54) is 45.3 Å². The fraction of sp³-hybridized carbons (Fsp3) is 0.947. The highest BCUT2D eigenvalue weighted by Gasteiger charge is 2.40. The van der Waals surface area contributed by atoms with Crippen molar-refractivity contribution in [2.24, 2.45) is 16.2 Å². The van der Waals surface area contributed by atoms with Crippen molar-refractivity contribution in [3.8, 4) is 0 Å². The van der Waals surface area contributed by atoms with E-state index in [1.807, 2.05) is 20.8 Å². The first-order chi connectivity index (χ1) is 10.0. The number of nitrogens with zero attached hydrogens (tertiary/aromatic N) is 2. The summed E-state index contributed by atoms with van der Waals surface area (Å²) in [5, 5.41) is 0. The van der Waals surface area contributed by atoms with Crippen molar-refractivity contribution in [1.29, 1.82) is 0 Å². The van der Waals surface area contributed by atoms with Crippen LogP contribution in [0, 0.1) is 16.2 Å². The molecule has 2 fully saturated rings. The normalized spacial score (nSPS) is 23.8. The van der Waals surface area contributed by atoms with Crippen LogP contribution in [0.4, 0.5) is 0 Å². The zero-order chi connectivity index (χ0) is 16.6. The van der Waals surface area contributed by atoms with Gasteiger partial charge in [0, 0.05) is 25.0 Å². The molecule has 22 heavy (non-hydrogen) atoms. The largest absolute Gasteiger partial charge is 0.342 e. The van der Waals surface area contributed by atoms with Gasteiger partial charge < -0.3 is 9.80 Å². The van der Waals surface area contributed by atoms with E-state index in [1.54, 1.807) is 0 Å². The molecule has 1 amide bonds. The number of carbonyl (C=O) groups excluding carboxylic acids is 1. The summed E-state index contributed by atoms with van der Waals surface area (Å²) in [5.41, 5.74) is 0.677. The van der Waals surface area contributed by atoms with Gasteiger partial charge in [0.15, 0.2) is 0 Å². The van der Waals surface area contributed by atoms with Gasteiger partial charge in [0.2, 0.25) is 5.91 Å². The predicted octanol–water partition coefficient (Wildman–Crippen LogP) is 3.78. The molecule has 1 spiro atoms. The molecule has 2 rings (SSSR count). The van der Waals surface area contributed by atoms with E-state index in [-0.39, 0.29) is 5.41 Å². The third-order valence-corrected chi connectivity index (χ3v) is 5.37. The minimum Gasteiger partial charge on any atom is -0.342 e. The molecule has 0 saturated carbocycles. The molecule has 3 heteroatoms. The Morgan fingerprint density at radius 2 is 1.32 bits per heavy atom. The van der Waals surface area contributed by atoms with E-state index >= 15 is 0 Å². The molecular formula is C19H36N2O. The molecule has 0 radical (unpaired) electrons. The molecule has 2 aliphatic heterocycles. The van der Waals surface area contributed by atoms with E-state index in [0.717, 1.165) is 13.1 Å². The van der Waals surface area contributed by atoms with Crippen LogP contribution in [0.25, 0.3) is 0 Å². The molecule has 0 bridgehead atoms. The zero-order valence-corrected chi connectivity index (χ0v) is 15.7. The number of carbonyl (C=O) groups is 1. The van der Waals surface area contributed by atoms with E-state index < -0.39 is 0 Å². The number of likely N-dealkylation sites (tertiary alicyclic amines) is 2. The average molecular weight is 309 g/mol. The summed E-state index contributed by atoms with van der Waals surface area (Å²) in [5.74, 6) is 0.326. The molecule has 0 aromatic heterocycles.